The maximum absolute atomic E-state index is 14.9. The fraction of sp³-hybridized carbons (Fsp3) is 0.231. The molecule has 2 aliphatic heterocycles. The summed E-state index contributed by atoms with van der Waals surface area (Å²) >= 11 is 0. The summed E-state index contributed by atoms with van der Waals surface area (Å²) in [6.45, 7) is 0. The number of hydrogen-bond donors (Lipinski definition) is 2. The van der Waals surface area contributed by atoms with Crippen LogP contribution in [0.15, 0.2) is 18.2 Å². The average molecular weight is 291 g/mol. The van der Waals surface area contributed by atoms with Gasteiger partial charge >= 0.3 is 0 Å². The van der Waals surface area contributed by atoms with Crippen molar-refractivity contribution >= 4 is 29.3 Å². The molecule has 1 aromatic carbocycles. The lowest BCUT2D eigenvalue weighted by Gasteiger charge is -2.34. The van der Waals surface area contributed by atoms with Crippen molar-refractivity contribution in [3.8, 4) is 0 Å². The van der Waals surface area contributed by atoms with E-state index in [1.165, 1.54) is 18.2 Å². The molecule has 2 heterocycles. The van der Waals surface area contributed by atoms with Gasteiger partial charge in [0, 0.05) is 18.5 Å². The van der Waals surface area contributed by atoms with E-state index in [1.807, 2.05) is 0 Å². The Labute approximate surface area is 117 Å². The highest BCUT2D eigenvalue weighted by Gasteiger charge is 2.56. The summed E-state index contributed by atoms with van der Waals surface area (Å²) in [6, 6.07) is 4.20. The number of hydrogen-bond acceptors (Lipinski definition) is 5. The first kappa shape index (κ1) is 13.2. The number of nitrogen functional groups attached to an aromatic ring is 1. The third kappa shape index (κ3) is 1.65. The Bertz CT molecular complexity index is 717. The Morgan fingerprint density at radius 2 is 1.90 bits per heavy atom. The number of anilines is 1. The Kier molecular flexibility index (Phi) is 2.59. The fourth-order valence-electron chi connectivity index (χ4n) is 2.52. The summed E-state index contributed by atoms with van der Waals surface area (Å²) in [5, 5.41) is 1.80. The van der Waals surface area contributed by atoms with Crippen LogP contribution in [0.25, 0.3) is 0 Å². The third-order valence-electron chi connectivity index (χ3n) is 3.59. The van der Waals surface area contributed by atoms with Gasteiger partial charge < -0.3 is 5.73 Å². The first-order valence-electron chi connectivity index (χ1n) is 6.17. The lowest BCUT2D eigenvalue weighted by atomic mass is 10.0. The number of carbonyl (C=O) groups excluding carboxylic acids is 4. The zero-order valence-corrected chi connectivity index (χ0v) is 10.7. The molecule has 0 bridgehead atoms. The predicted molar refractivity (Wildman–Crippen MR) is 67.6 cm³/mol. The lowest BCUT2D eigenvalue weighted by Crippen LogP contribution is -2.61. The molecule has 0 aromatic heterocycles. The van der Waals surface area contributed by atoms with Gasteiger partial charge in [-0.15, -0.1) is 0 Å². The van der Waals surface area contributed by atoms with Crippen LogP contribution < -0.4 is 11.1 Å². The SMILES string of the molecule is Nc1cccc2c1C(=O)N(C1(F)CCC(=O)NC1=O)C2=O. The molecule has 1 unspecified atom stereocenters. The number of nitrogens with two attached hydrogens (primary N) is 1. The van der Waals surface area contributed by atoms with Crippen molar-refractivity contribution in [2.45, 2.75) is 18.6 Å². The van der Waals surface area contributed by atoms with E-state index in [9.17, 15) is 23.6 Å². The van der Waals surface area contributed by atoms with Gasteiger partial charge in [-0.2, -0.15) is 0 Å². The first-order chi connectivity index (χ1) is 9.86. The van der Waals surface area contributed by atoms with Crippen LogP contribution in [0.1, 0.15) is 33.6 Å². The minimum Gasteiger partial charge on any atom is -0.398 e. The van der Waals surface area contributed by atoms with E-state index in [0.717, 1.165) is 0 Å². The van der Waals surface area contributed by atoms with Crippen LogP contribution in [-0.2, 0) is 9.59 Å². The van der Waals surface area contributed by atoms with Crippen LogP contribution in [0, 0.1) is 0 Å². The maximum atomic E-state index is 14.9. The summed E-state index contributed by atoms with van der Waals surface area (Å²) in [5.74, 6) is -6.75. The summed E-state index contributed by atoms with van der Waals surface area (Å²) < 4.78 is 14.9. The average Bonchev–Trinajstić information content (AvgIpc) is 2.68. The smallest absolute Gasteiger partial charge is 0.285 e. The molecule has 3 rings (SSSR count). The highest BCUT2D eigenvalue weighted by Crippen LogP contribution is 2.36. The van der Waals surface area contributed by atoms with Crippen molar-refractivity contribution in [2.24, 2.45) is 0 Å². The van der Waals surface area contributed by atoms with Gasteiger partial charge in [-0.25, -0.2) is 9.29 Å². The molecule has 8 heteroatoms. The van der Waals surface area contributed by atoms with Crippen LogP contribution in [-0.4, -0.2) is 34.3 Å². The lowest BCUT2D eigenvalue weighted by molar-refractivity contribution is -0.151. The van der Waals surface area contributed by atoms with Gasteiger partial charge in [-0.05, 0) is 12.1 Å². The highest BCUT2D eigenvalue weighted by atomic mass is 19.1. The molecule has 7 nitrogen and oxygen atoms in total. The van der Waals surface area contributed by atoms with Gasteiger partial charge in [-0.1, -0.05) is 6.07 Å². The maximum Gasteiger partial charge on any atom is 0.285 e. The molecule has 4 amide bonds. The molecule has 0 radical (unpaired) electrons. The monoisotopic (exact) mass is 291 g/mol. The molecule has 1 saturated heterocycles. The van der Waals surface area contributed by atoms with Gasteiger partial charge in [0.1, 0.15) is 0 Å². The topological polar surface area (TPSA) is 110 Å². The zero-order valence-electron chi connectivity index (χ0n) is 10.7. The second-order valence-electron chi connectivity index (χ2n) is 4.85. The Morgan fingerprint density at radius 3 is 2.52 bits per heavy atom. The fourth-order valence-corrected chi connectivity index (χ4v) is 2.52. The minimum absolute atomic E-state index is 0.0317. The van der Waals surface area contributed by atoms with Crippen LogP contribution in [0.4, 0.5) is 10.1 Å². The van der Waals surface area contributed by atoms with Crippen molar-refractivity contribution < 1.29 is 23.6 Å². The quantitative estimate of drug-likeness (QED) is 0.429. The summed E-state index contributed by atoms with van der Waals surface area (Å²) in [6.07, 6.45) is -0.867. The number of nitrogens with one attached hydrogen (secondary N) is 1. The number of halogens is 1. The summed E-state index contributed by atoms with van der Waals surface area (Å²) in [4.78, 5) is 47.6. The second kappa shape index (κ2) is 4.11. The van der Waals surface area contributed by atoms with E-state index in [-0.39, 0.29) is 28.1 Å². The number of alkyl halides is 1. The molecule has 108 valence electrons. The van der Waals surface area contributed by atoms with Gasteiger partial charge in [0.05, 0.1) is 11.1 Å². The molecule has 0 spiro atoms. The molecule has 0 aliphatic carbocycles. The van der Waals surface area contributed by atoms with Gasteiger partial charge in [0.15, 0.2) is 0 Å². The van der Waals surface area contributed by atoms with Crippen molar-refractivity contribution in [3.63, 3.8) is 0 Å². The molecule has 1 atom stereocenters. The van der Waals surface area contributed by atoms with Crippen LogP contribution >= 0.6 is 0 Å². The standard InChI is InChI=1S/C13H10FN3O4/c14-13(5-4-8(18)16-12(13)21)17-10(19)6-2-1-3-7(15)9(6)11(17)20/h1-3H,4-5,15H2,(H,16,18,21). The number of imide groups is 2. The molecular formula is C13H10FN3O4. The largest absolute Gasteiger partial charge is 0.398 e. The van der Waals surface area contributed by atoms with Crippen molar-refractivity contribution in [1.82, 2.24) is 10.2 Å². The van der Waals surface area contributed by atoms with Crippen molar-refractivity contribution in [3.05, 3.63) is 29.3 Å². The number of benzene rings is 1. The number of fused-ring (bicyclic) bond motifs is 1. The molecule has 21 heavy (non-hydrogen) atoms. The van der Waals surface area contributed by atoms with Gasteiger partial charge in [0.2, 0.25) is 5.91 Å². The van der Waals surface area contributed by atoms with Crippen LogP contribution in [0.2, 0.25) is 0 Å². The minimum atomic E-state index is -2.88. The van der Waals surface area contributed by atoms with E-state index in [1.54, 1.807) is 5.32 Å². The predicted octanol–water partition coefficient (Wildman–Crippen LogP) is -0.0328. The van der Waals surface area contributed by atoms with Gasteiger partial charge in [-0.3, -0.25) is 24.5 Å². The van der Waals surface area contributed by atoms with Crippen LogP contribution in [0.5, 0.6) is 0 Å². The number of rotatable bonds is 1. The second-order valence-corrected chi connectivity index (χ2v) is 4.85. The van der Waals surface area contributed by atoms with E-state index >= 15 is 0 Å². The van der Waals surface area contributed by atoms with E-state index in [2.05, 4.69) is 0 Å². The number of nitrogens with zero attached hydrogens (tertiary/aromatic N) is 1. The summed E-state index contributed by atoms with van der Waals surface area (Å²) in [7, 11) is 0. The summed E-state index contributed by atoms with van der Waals surface area (Å²) in [5.41, 5.74) is 5.50. The molecule has 1 fully saturated rings. The van der Waals surface area contributed by atoms with E-state index in [4.69, 9.17) is 5.73 Å². The Morgan fingerprint density at radius 1 is 1.19 bits per heavy atom. The number of piperidine rings is 1. The molecule has 2 aliphatic rings. The third-order valence-corrected chi connectivity index (χ3v) is 3.59. The molecule has 3 N–H and O–H groups in total. The van der Waals surface area contributed by atoms with Crippen LogP contribution in [0.3, 0.4) is 0 Å². The Hall–Kier alpha value is -2.77. The molecular weight excluding hydrogens is 281 g/mol. The van der Waals surface area contributed by atoms with Gasteiger partial charge in [0.25, 0.3) is 23.5 Å². The number of carbonyl (C=O) groups is 4. The van der Waals surface area contributed by atoms with Crippen molar-refractivity contribution in [1.29, 1.82) is 0 Å². The number of amides is 4. The van der Waals surface area contributed by atoms with E-state index < -0.39 is 35.8 Å². The van der Waals surface area contributed by atoms with Crippen molar-refractivity contribution in [2.75, 3.05) is 5.73 Å². The highest BCUT2D eigenvalue weighted by molar-refractivity contribution is 6.25. The van der Waals surface area contributed by atoms with E-state index in [0.29, 0.717) is 0 Å². The molecule has 1 aromatic rings. The molecule has 0 saturated carbocycles. The zero-order chi connectivity index (χ0) is 15.4. The Balaban J connectivity index is 2.08. The first-order valence-corrected chi connectivity index (χ1v) is 6.17. The normalized spacial score (nSPS) is 25.1.